The lowest BCUT2D eigenvalue weighted by atomic mass is 9.47. The molecule has 4 aliphatic carbocycles. The summed E-state index contributed by atoms with van der Waals surface area (Å²) in [5.74, 6) is 0.810. The Labute approximate surface area is 213 Å². The summed E-state index contributed by atoms with van der Waals surface area (Å²) in [7, 11) is 1.27. The van der Waals surface area contributed by atoms with E-state index in [-0.39, 0.29) is 30.4 Å². The SMILES string of the molecule is COC(=O)[C@@H]1C[C@H](O)CN1C(=O)CO/N=C1\C=C[C@@]2(C)C(=C1)CC[C@@H]1[C@@H]2CC[C@@]2(C)[C@H]1CC[C@]2(C)O. The maximum atomic E-state index is 12.6. The fourth-order valence-corrected chi connectivity index (χ4v) is 8.20. The number of methoxy groups -OCH3 is 1. The minimum absolute atomic E-state index is 0.00931. The van der Waals surface area contributed by atoms with Gasteiger partial charge in [-0.3, -0.25) is 4.79 Å². The summed E-state index contributed by atoms with van der Waals surface area (Å²) in [6, 6.07) is -0.790. The van der Waals surface area contributed by atoms with Crippen LogP contribution < -0.4 is 0 Å². The van der Waals surface area contributed by atoms with Crippen LogP contribution in [0.15, 0.2) is 29.0 Å². The first kappa shape index (κ1) is 25.5. The standard InChI is InChI=1S/C28H40N2O6/c1-26-10-7-18(29-36-16-24(32)30-15-19(31)14-23(30)25(33)35-4)13-17(26)5-6-20-21(26)8-11-27(2)22(20)9-12-28(27,3)34/h7,10,13,19-23,31,34H,5-6,8-9,11-12,14-16H2,1-4H3/b29-18+/t19-,20+,21-,22-,23-,26-,27-,28-/m0/s1. The molecule has 198 valence electrons. The zero-order valence-corrected chi connectivity index (χ0v) is 21.9. The number of carbonyl (C=O) groups excluding carboxylic acids is 2. The highest BCUT2D eigenvalue weighted by atomic mass is 16.6. The summed E-state index contributed by atoms with van der Waals surface area (Å²) in [4.78, 5) is 31.3. The maximum Gasteiger partial charge on any atom is 0.328 e. The molecule has 0 radical (unpaired) electrons. The van der Waals surface area contributed by atoms with E-state index in [0.29, 0.717) is 23.5 Å². The second kappa shape index (κ2) is 8.98. The van der Waals surface area contributed by atoms with Crippen LogP contribution in [-0.4, -0.2) is 70.7 Å². The van der Waals surface area contributed by atoms with Crippen LogP contribution in [0, 0.1) is 28.6 Å². The summed E-state index contributed by atoms with van der Waals surface area (Å²) in [6.07, 6.45) is 12.1. The van der Waals surface area contributed by atoms with Gasteiger partial charge in [0.2, 0.25) is 0 Å². The van der Waals surface area contributed by atoms with Crippen molar-refractivity contribution < 1.29 is 29.4 Å². The van der Waals surface area contributed by atoms with Crippen LogP contribution >= 0.6 is 0 Å². The normalized spacial score (nSPS) is 44.5. The first-order valence-electron chi connectivity index (χ1n) is 13.4. The largest absolute Gasteiger partial charge is 0.467 e. The van der Waals surface area contributed by atoms with Gasteiger partial charge >= 0.3 is 5.97 Å². The highest BCUT2D eigenvalue weighted by Crippen LogP contribution is 2.66. The van der Waals surface area contributed by atoms with Gasteiger partial charge in [-0.05, 0) is 80.8 Å². The summed E-state index contributed by atoms with van der Waals surface area (Å²) < 4.78 is 4.76. The first-order valence-corrected chi connectivity index (χ1v) is 13.4. The minimum atomic E-state index is -0.790. The summed E-state index contributed by atoms with van der Waals surface area (Å²) in [5.41, 5.74) is 1.47. The van der Waals surface area contributed by atoms with E-state index in [1.165, 1.54) is 17.6 Å². The highest BCUT2D eigenvalue weighted by molar-refractivity contribution is 6.05. The van der Waals surface area contributed by atoms with Crippen molar-refractivity contribution in [3.63, 3.8) is 0 Å². The van der Waals surface area contributed by atoms with Crippen molar-refractivity contribution >= 4 is 17.6 Å². The molecule has 4 fully saturated rings. The smallest absolute Gasteiger partial charge is 0.328 e. The Balaban J connectivity index is 1.24. The lowest BCUT2D eigenvalue weighted by Gasteiger charge is -2.58. The van der Waals surface area contributed by atoms with Gasteiger partial charge < -0.3 is 24.7 Å². The van der Waals surface area contributed by atoms with Crippen LogP contribution in [-0.2, 0) is 19.2 Å². The Morgan fingerprint density at radius 1 is 1.17 bits per heavy atom. The van der Waals surface area contributed by atoms with Crippen molar-refractivity contribution in [1.29, 1.82) is 0 Å². The van der Waals surface area contributed by atoms with Crippen LogP contribution in [0.3, 0.4) is 0 Å². The van der Waals surface area contributed by atoms with Crippen molar-refractivity contribution in [3.8, 4) is 0 Å². The molecule has 2 N–H and O–H groups in total. The third-order valence-corrected chi connectivity index (χ3v) is 10.6. The predicted octanol–water partition coefficient (Wildman–Crippen LogP) is 2.98. The van der Waals surface area contributed by atoms with E-state index in [2.05, 4.69) is 31.2 Å². The number of oxime groups is 1. The number of hydrogen-bond donors (Lipinski definition) is 2. The van der Waals surface area contributed by atoms with Gasteiger partial charge in [0.25, 0.3) is 5.91 Å². The van der Waals surface area contributed by atoms with Crippen LogP contribution in [0.5, 0.6) is 0 Å². The van der Waals surface area contributed by atoms with Gasteiger partial charge in [0.15, 0.2) is 6.61 Å². The molecule has 0 aromatic carbocycles. The van der Waals surface area contributed by atoms with Gasteiger partial charge in [-0.1, -0.05) is 30.7 Å². The van der Waals surface area contributed by atoms with E-state index in [4.69, 9.17) is 9.57 Å². The molecule has 5 aliphatic rings. The Hall–Kier alpha value is -2.19. The number of esters is 1. The van der Waals surface area contributed by atoms with E-state index in [1.807, 2.05) is 13.0 Å². The average Bonchev–Trinajstić information content (AvgIpc) is 3.35. The number of hydrogen-bond acceptors (Lipinski definition) is 7. The van der Waals surface area contributed by atoms with Gasteiger partial charge in [-0.2, -0.15) is 0 Å². The van der Waals surface area contributed by atoms with Crippen LogP contribution in [0.25, 0.3) is 0 Å². The van der Waals surface area contributed by atoms with Gasteiger partial charge in [0, 0.05) is 18.4 Å². The fraction of sp³-hybridized carbons (Fsp3) is 0.750. The van der Waals surface area contributed by atoms with Gasteiger partial charge in [0.05, 0.1) is 18.8 Å². The van der Waals surface area contributed by atoms with Gasteiger partial charge in [-0.15, -0.1) is 0 Å². The molecule has 5 rings (SSSR count). The fourth-order valence-electron chi connectivity index (χ4n) is 8.20. The Morgan fingerprint density at radius 2 is 1.92 bits per heavy atom. The Bertz CT molecular complexity index is 1020. The molecular weight excluding hydrogens is 460 g/mol. The van der Waals surface area contributed by atoms with E-state index < -0.39 is 29.6 Å². The van der Waals surface area contributed by atoms with E-state index in [1.54, 1.807) is 0 Å². The maximum absolute atomic E-state index is 12.6. The zero-order valence-electron chi connectivity index (χ0n) is 21.9. The van der Waals surface area contributed by atoms with Crippen LogP contribution in [0.2, 0.25) is 0 Å². The molecule has 0 aromatic heterocycles. The van der Waals surface area contributed by atoms with Gasteiger partial charge in [0.1, 0.15) is 11.8 Å². The molecule has 1 amide bonds. The minimum Gasteiger partial charge on any atom is -0.467 e. The molecule has 8 atom stereocenters. The van der Waals surface area contributed by atoms with Crippen molar-refractivity contribution in [3.05, 3.63) is 23.8 Å². The van der Waals surface area contributed by atoms with Crippen molar-refractivity contribution in [1.82, 2.24) is 4.90 Å². The average molecular weight is 501 g/mol. The monoisotopic (exact) mass is 500 g/mol. The van der Waals surface area contributed by atoms with Crippen molar-refractivity contribution in [2.45, 2.75) is 83.5 Å². The number of nitrogens with zero attached hydrogens (tertiary/aromatic N) is 2. The molecule has 8 heteroatoms. The van der Waals surface area contributed by atoms with E-state index in [9.17, 15) is 19.8 Å². The molecule has 36 heavy (non-hydrogen) atoms. The number of amides is 1. The van der Waals surface area contributed by atoms with Gasteiger partial charge in [-0.25, -0.2) is 4.79 Å². The van der Waals surface area contributed by atoms with Crippen molar-refractivity contribution in [2.75, 3.05) is 20.3 Å². The number of likely N-dealkylation sites (tertiary alicyclic amines) is 1. The highest BCUT2D eigenvalue weighted by Gasteiger charge is 2.62. The predicted molar refractivity (Wildman–Crippen MR) is 134 cm³/mol. The molecule has 3 saturated carbocycles. The second-order valence-electron chi connectivity index (χ2n) is 12.2. The van der Waals surface area contributed by atoms with E-state index >= 15 is 0 Å². The number of aliphatic hydroxyl groups is 2. The topological polar surface area (TPSA) is 109 Å². The number of carbonyl (C=O) groups is 2. The molecule has 0 aromatic rings. The summed E-state index contributed by atoms with van der Waals surface area (Å²) in [5, 5.41) is 25.2. The zero-order chi connectivity index (χ0) is 25.9. The van der Waals surface area contributed by atoms with Crippen LogP contribution in [0.1, 0.15) is 65.7 Å². The third kappa shape index (κ3) is 3.92. The Kier molecular flexibility index (Phi) is 6.35. The quantitative estimate of drug-likeness (QED) is 0.454. The number of aliphatic hydroxyl groups excluding tert-OH is 1. The lowest BCUT2D eigenvalue weighted by molar-refractivity contribution is -0.152. The molecule has 0 unspecified atom stereocenters. The molecule has 0 spiro atoms. The number of β-amino-alcohol motifs (C(OH)–C–C–N with tert-alkyl or cyclic N) is 1. The molecule has 0 bridgehead atoms. The Morgan fingerprint density at radius 3 is 2.67 bits per heavy atom. The first-order chi connectivity index (χ1) is 17.0. The summed E-state index contributed by atoms with van der Waals surface area (Å²) in [6.45, 7) is 6.47. The van der Waals surface area contributed by atoms with Crippen molar-refractivity contribution in [2.24, 2.45) is 33.7 Å². The number of ether oxygens (including phenoxy) is 1. The molecular formula is C28H40N2O6. The number of fused-ring (bicyclic) bond motifs is 5. The number of rotatable bonds is 4. The van der Waals surface area contributed by atoms with E-state index in [0.717, 1.165) is 38.5 Å². The molecule has 1 saturated heterocycles. The third-order valence-electron chi connectivity index (χ3n) is 10.6. The lowest BCUT2D eigenvalue weighted by Crippen LogP contribution is -2.53. The second-order valence-corrected chi connectivity index (χ2v) is 12.2. The number of allylic oxidation sites excluding steroid dienone is 4. The molecule has 1 heterocycles. The summed E-state index contributed by atoms with van der Waals surface area (Å²) >= 11 is 0. The van der Waals surface area contributed by atoms with Crippen LogP contribution in [0.4, 0.5) is 0 Å². The molecule has 8 nitrogen and oxygen atoms in total. The molecule has 1 aliphatic heterocycles.